The number of benzene rings is 1. The number of hydrogen-bond donors (Lipinski definition) is 0. The standard InChI is InChI=1S/C16H14Cl2N2O2/c1-19-8-11(2-3-15(19)21)16(22)20-5-4-10-6-12(17)7-14(18)13(10)9-20/h2-3,6-8H,4-5,9H2,1H3. The number of pyridine rings is 1. The first-order valence-electron chi connectivity index (χ1n) is 6.88. The van der Waals surface area contributed by atoms with E-state index >= 15 is 0 Å². The van der Waals surface area contributed by atoms with Crippen molar-refractivity contribution in [2.45, 2.75) is 13.0 Å². The van der Waals surface area contributed by atoms with E-state index in [-0.39, 0.29) is 11.5 Å². The van der Waals surface area contributed by atoms with Gasteiger partial charge in [0.1, 0.15) is 0 Å². The van der Waals surface area contributed by atoms with E-state index in [0.717, 1.165) is 11.1 Å². The van der Waals surface area contributed by atoms with Crippen molar-refractivity contribution in [1.29, 1.82) is 0 Å². The highest BCUT2D eigenvalue weighted by atomic mass is 35.5. The summed E-state index contributed by atoms with van der Waals surface area (Å²) < 4.78 is 1.40. The highest BCUT2D eigenvalue weighted by molar-refractivity contribution is 6.35. The van der Waals surface area contributed by atoms with Gasteiger partial charge in [-0.05, 0) is 35.7 Å². The maximum Gasteiger partial charge on any atom is 0.255 e. The van der Waals surface area contributed by atoms with Crippen LogP contribution in [0.15, 0.2) is 35.3 Å². The van der Waals surface area contributed by atoms with Crippen LogP contribution >= 0.6 is 23.2 Å². The average Bonchev–Trinajstić information content (AvgIpc) is 2.49. The minimum atomic E-state index is -0.141. The van der Waals surface area contributed by atoms with Crippen molar-refractivity contribution in [3.63, 3.8) is 0 Å². The molecule has 0 saturated heterocycles. The van der Waals surface area contributed by atoms with Crippen LogP contribution in [0.4, 0.5) is 0 Å². The predicted molar refractivity (Wildman–Crippen MR) is 86.6 cm³/mol. The van der Waals surface area contributed by atoms with Crippen molar-refractivity contribution in [2.24, 2.45) is 7.05 Å². The lowest BCUT2D eigenvalue weighted by Gasteiger charge is -2.29. The van der Waals surface area contributed by atoms with Crippen molar-refractivity contribution in [2.75, 3.05) is 6.54 Å². The molecule has 1 aromatic heterocycles. The summed E-state index contributed by atoms with van der Waals surface area (Å²) in [6.45, 7) is 1.05. The molecule has 1 aliphatic heterocycles. The monoisotopic (exact) mass is 336 g/mol. The molecule has 0 fully saturated rings. The highest BCUT2D eigenvalue weighted by Crippen LogP contribution is 2.30. The Hall–Kier alpha value is -1.78. The van der Waals surface area contributed by atoms with Gasteiger partial charge in [0.2, 0.25) is 5.56 Å². The van der Waals surface area contributed by atoms with Gasteiger partial charge >= 0.3 is 0 Å². The van der Waals surface area contributed by atoms with Gasteiger partial charge in [0, 0.05) is 42.4 Å². The molecule has 114 valence electrons. The van der Waals surface area contributed by atoms with E-state index in [4.69, 9.17) is 23.2 Å². The number of carbonyl (C=O) groups excluding carboxylic acids is 1. The third kappa shape index (κ3) is 2.76. The van der Waals surface area contributed by atoms with E-state index in [1.54, 1.807) is 30.3 Å². The van der Waals surface area contributed by atoms with Gasteiger partial charge in [0.15, 0.2) is 0 Å². The summed E-state index contributed by atoms with van der Waals surface area (Å²) in [5.41, 5.74) is 2.38. The van der Waals surface area contributed by atoms with Crippen molar-refractivity contribution in [1.82, 2.24) is 9.47 Å². The average molecular weight is 337 g/mol. The van der Waals surface area contributed by atoms with E-state index in [9.17, 15) is 9.59 Å². The summed E-state index contributed by atoms with van der Waals surface area (Å²) >= 11 is 12.3. The second kappa shape index (κ2) is 5.78. The number of aromatic nitrogens is 1. The number of aryl methyl sites for hydroxylation is 1. The Morgan fingerprint density at radius 2 is 2.00 bits per heavy atom. The Bertz CT molecular complexity index is 814. The van der Waals surface area contributed by atoms with Crippen LogP contribution in [-0.4, -0.2) is 21.9 Å². The Balaban J connectivity index is 1.89. The first-order chi connectivity index (χ1) is 10.5. The molecule has 0 unspecified atom stereocenters. The molecule has 3 rings (SSSR count). The van der Waals surface area contributed by atoms with Crippen LogP contribution in [0, 0.1) is 0 Å². The van der Waals surface area contributed by atoms with Gasteiger partial charge < -0.3 is 9.47 Å². The molecule has 0 aliphatic carbocycles. The smallest absolute Gasteiger partial charge is 0.255 e. The number of fused-ring (bicyclic) bond motifs is 1. The SMILES string of the molecule is Cn1cc(C(=O)N2CCc3cc(Cl)cc(Cl)c3C2)ccc1=O. The van der Waals surface area contributed by atoms with Gasteiger partial charge in [-0.2, -0.15) is 0 Å². The minimum absolute atomic E-state index is 0.104. The molecule has 1 aliphatic rings. The molecule has 0 atom stereocenters. The van der Waals surface area contributed by atoms with E-state index in [1.807, 2.05) is 6.07 Å². The van der Waals surface area contributed by atoms with Gasteiger partial charge in [0.05, 0.1) is 5.56 Å². The van der Waals surface area contributed by atoms with Gasteiger partial charge in [0.25, 0.3) is 5.91 Å². The van der Waals surface area contributed by atoms with Gasteiger partial charge in [-0.3, -0.25) is 9.59 Å². The van der Waals surface area contributed by atoms with Crippen molar-refractivity contribution < 1.29 is 4.79 Å². The zero-order valence-electron chi connectivity index (χ0n) is 12.0. The van der Waals surface area contributed by atoms with Crippen LogP contribution in [0.25, 0.3) is 0 Å². The molecule has 0 bridgehead atoms. The molecule has 22 heavy (non-hydrogen) atoms. The zero-order valence-corrected chi connectivity index (χ0v) is 13.5. The van der Waals surface area contributed by atoms with E-state index < -0.39 is 0 Å². The molecular formula is C16H14Cl2N2O2. The molecule has 0 spiro atoms. The largest absolute Gasteiger partial charge is 0.334 e. The minimum Gasteiger partial charge on any atom is -0.334 e. The third-order valence-corrected chi connectivity index (χ3v) is 4.43. The number of nitrogens with zero attached hydrogens (tertiary/aromatic N) is 2. The second-order valence-corrected chi connectivity index (χ2v) is 6.21. The molecule has 2 heterocycles. The van der Waals surface area contributed by atoms with Crippen molar-refractivity contribution in [3.8, 4) is 0 Å². The Morgan fingerprint density at radius 3 is 2.73 bits per heavy atom. The fourth-order valence-corrected chi connectivity index (χ4v) is 3.25. The second-order valence-electron chi connectivity index (χ2n) is 5.37. The maximum absolute atomic E-state index is 12.6. The number of rotatable bonds is 1. The first-order valence-corrected chi connectivity index (χ1v) is 7.64. The lowest BCUT2D eigenvalue weighted by Crippen LogP contribution is -2.36. The highest BCUT2D eigenvalue weighted by Gasteiger charge is 2.24. The molecule has 6 heteroatoms. The molecule has 0 radical (unpaired) electrons. The Labute approximate surface area is 137 Å². The topological polar surface area (TPSA) is 42.3 Å². The lowest BCUT2D eigenvalue weighted by atomic mass is 9.99. The van der Waals surface area contributed by atoms with E-state index in [1.165, 1.54) is 10.6 Å². The molecule has 0 N–H and O–H groups in total. The number of carbonyl (C=O) groups is 1. The van der Waals surface area contributed by atoms with E-state index in [0.29, 0.717) is 35.1 Å². The fourth-order valence-electron chi connectivity index (χ4n) is 2.66. The Morgan fingerprint density at radius 1 is 1.23 bits per heavy atom. The van der Waals surface area contributed by atoms with Crippen LogP contribution < -0.4 is 5.56 Å². The number of amides is 1. The summed E-state index contributed by atoms with van der Waals surface area (Å²) in [6, 6.07) is 6.56. The number of halogens is 2. The summed E-state index contributed by atoms with van der Waals surface area (Å²) in [6.07, 6.45) is 2.27. The summed E-state index contributed by atoms with van der Waals surface area (Å²) in [5, 5.41) is 1.20. The molecule has 1 amide bonds. The number of hydrogen-bond acceptors (Lipinski definition) is 2. The van der Waals surface area contributed by atoms with E-state index in [2.05, 4.69) is 0 Å². The lowest BCUT2D eigenvalue weighted by molar-refractivity contribution is 0.0734. The van der Waals surface area contributed by atoms with Crippen molar-refractivity contribution in [3.05, 3.63) is 67.6 Å². The third-order valence-electron chi connectivity index (χ3n) is 3.87. The van der Waals surface area contributed by atoms with Gasteiger partial charge in [-0.25, -0.2) is 0 Å². The summed E-state index contributed by atoms with van der Waals surface area (Å²) in [7, 11) is 1.63. The summed E-state index contributed by atoms with van der Waals surface area (Å²) in [4.78, 5) is 25.7. The first kappa shape index (κ1) is 15.1. The van der Waals surface area contributed by atoms with Crippen LogP contribution in [-0.2, 0) is 20.0 Å². The molecule has 2 aromatic rings. The molecule has 4 nitrogen and oxygen atoms in total. The van der Waals surface area contributed by atoms with Gasteiger partial charge in [-0.1, -0.05) is 23.2 Å². The summed E-state index contributed by atoms with van der Waals surface area (Å²) in [5.74, 6) is -0.104. The van der Waals surface area contributed by atoms with Crippen molar-refractivity contribution >= 4 is 29.1 Å². The van der Waals surface area contributed by atoms with Crippen LogP contribution in [0.1, 0.15) is 21.5 Å². The fraction of sp³-hybridized carbons (Fsp3) is 0.250. The molecular weight excluding hydrogens is 323 g/mol. The van der Waals surface area contributed by atoms with Crippen LogP contribution in [0.3, 0.4) is 0 Å². The zero-order chi connectivity index (χ0) is 15.9. The Kier molecular flexibility index (Phi) is 3.98. The molecule has 0 saturated carbocycles. The predicted octanol–water partition coefficient (Wildman–Crippen LogP) is 2.89. The quantitative estimate of drug-likeness (QED) is 0.803. The van der Waals surface area contributed by atoms with Gasteiger partial charge in [-0.15, -0.1) is 0 Å². The molecule has 1 aromatic carbocycles. The van der Waals surface area contributed by atoms with Crippen LogP contribution in [0.5, 0.6) is 0 Å². The van der Waals surface area contributed by atoms with Crippen LogP contribution in [0.2, 0.25) is 10.0 Å². The normalized spacial score (nSPS) is 13.9. The maximum atomic E-state index is 12.6.